The van der Waals surface area contributed by atoms with E-state index in [0.717, 1.165) is 48.4 Å². The van der Waals surface area contributed by atoms with Crippen LogP contribution in [-0.4, -0.2) is 47.0 Å². The molecule has 1 aliphatic heterocycles. The Kier molecular flexibility index (Phi) is 5.48. The van der Waals surface area contributed by atoms with E-state index in [1.165, 1.54) is 5.56 Å². The van der Waals surface area contributed by atoms with Crippen molar-refractivity contribution in [1.29, 1.82) is 0 Å². The van der Waals surface area contributed by atoms with E-state index in [0.29, 0.717) is 0 Å². The highest BCUT2D eigenvalue weighted by atomic mass is 79.9. The molecule has 0 bridgehead atoms. The van der Waals surface area contributed by atoms with Crippen LogP contribution in [0.3, 0.4) is 0 Å². The normalized spacial score (nSPS) is 15.3. The largest absolute Gasteiger partial charge is 0.322 e. The second-order valence-corrected chi connectivity index (χ2v) is 6.92. The number of piperazine rings is 1. The first-order valence-corrected chi connectivity index (χ1v) is 8.84. The van der Waals surface area contributed by atoms with Gasteiger partial charge in [-0.1, -0.05) is 22.0 Å². The first-order chi connectivity index (χ1) is 11.6. The molecule has 1 N–H and O–H groups in total. The van der Waals surface area contributed by atoms with Crippen molar-refractivity contribution in [3.8, 4) is 0 Å². The molecule has 2 amide bonds. The molecule has 0 saturated carbocycles. The predicted molar refractivity (Wildman–Crippen MR) is 99.0 cm³/mol. The van der Waals surface area contributed by atoms with Gasteiger partial charge in [-0.2, -0.15) is 0 Å². The fourth-order valence-corrected chi connectivity index (χ4v) is 3.14. The summed E-state index contributed by atoms with van der Waals surface area (Å²) in [5, 5.41) is 3.02. The van der Waals surface area contributed by atoms with Crippen molar-refractivity contribution in [2.24, 2.45) is 0 Å². The van der Waals surface area contributed by atoms with Gasteiger partial charge in [0.1, 0.15) is 0 Å². The summed E-state index contributed by atoms with van der Waals surface area (Å²) in [7, 11) is 0. The van der Waals surface area contributed by atoms with Crippen LogP contribution in [0.2, 0.25) is 0 Å². The molecule has 24 heavy (non-hydrogen) atoms. The Balaban J connectivity index is 1.52. The summed E-state index contributed by atoms with van der Waals surface area (Å²) in [4.78, 5) is 20.8. The molecule has 126 valence electrons. The number of carbonyl (C=O) groups excluding carboxylic acids is 1. The Morgan fingerprint density at radius 1 is 1.17 bits per heavy atom. The molecule has 5 nitrogen and oxygen atoms in total. The van der Waals surface area contributed by atoms with Crippen LogP contribution in [0.25, 0.3) is 0 Å². The zero-order valence-electron chi connectivity index (χ0n) is 13.7. The number of anilines is 1. The molecule has 6 heteroatoms. The SMILES string of the molecule is Cc1ccc(Br)cc1NC(=O)N1CCN(Cc2ccncc2)CC1. The monoisotopic (exact) mass is 388 g/mol. The van der Waals surface area contributed by atoms with Crippen molar-refractivity contribution in [2.45, 2.75) is 13.5 Å². The molecule has 1 aliphatic rings. The Morgan fingerprint density at radius 2 is 1.88 bits per heavy atom. The van der Waals surface area contributed by atoms with E-state index in [1.807, 2.05) is 54.5 Å². The van der Waals surface area contributed by atoms with Crippen LogP contribution in [0.15, 0.2) is 47.2 Å². The number of aryl methyl sites for hydroxylation is 1. The minimum Gasteiger partial charge on any atom is -0.322 e. The lowest BCUT2D eigenvalue weighted by Crippen LogP contribution is -2.49. The van der Waals surface area contributed by atoms with Crippen molar-refractivity contribution in [3.05, 3.63) is 58.3 Å². The highest BCUT2D eigenvalue weighted by molar-refractivity contribution is 9.10. The quantitative estimate of drug-likeness (QED) is 0.874. The van der Waals surface area contributed by atoms with E-state index in [1.54, 1.807) is 0 Å². The van der Waals surface area contributed by atoms with Crippen LogP contribution >= 0.6 is 15.9 Å². The van der Waals surface area contributed by atoms with E-state index in [9.17, 15) is 4.79 Å². The van der Waals surface area contributed by atoms with Gasteiger partial charge in [0.25, 0.3) is 0 Å². The summed E-state index contributed by atoms with van der Waals surface area (Å²) in [6, 6.07) is 9.95. The Labute approximate surface area is 150 Å². The number of hydrogen-bond donors (Lipinski definition) is 1. The molecule has 0 atom stereocenters. The average Bonchev–Trinajstić information content (AvgIpc) is 2.60. The van der Waals surface area contributed by atoms with Crippen LogP contribution in [0.5, 0.6) is 0 Å². The lowest BCUT2D eigenvalue weighted by molar-refractivity contribution is 0.143. The number of rotatable bonds is 3. The zero-order chi connectivity index (χ0) is 16.9. The van der Waals surface area contributed by atoms with Crippen LogP contribution in [0.4, 0.5) is 10.5 Å². The van der Waals surface area contributed by atoms with E-state index in [2.05, 4.69) is 31.1 Å². The number of pyridine rings is 1. The summed E-state index contributed by atoms with van der Waals surface area (Å²) in [6.07, 6.45) is 3.64. The number of hydrogen-bond acceptors (Lipinski definition) is 3. The van der Waals surface area contributed by atoms with Crippen molar-refractivity contribution in [1.82, 2.24) is 14.8 Å². The summed E-state index contributed by atoms with van der Waals surface area (Å²) in [5.41, 5.74) is 3.17. The Morgan fingerprint density at radius 3 is 2.58 bits per heavy atom. The van der Waals surface area contributed by atoms with Crippen LogP contribution < -0.4 is 5.32 Å². The standard InChI is InChI=1S/C18H21BrN4O/c1-14-2-3-16(19)12-17(14)21-18(24)23-10-8-22(9-11-23)13-15-4-6-20-7-5-15/h2-7,12H,8-11,13H2,1H3,(H,21,24). The van der Waals surface area contributed by atoms with Gasteiger partial charge in [-0.25, -0.2) is 4.79 Å². The first kappa shape index (κ1) is 16.9. The van der Waals surface area contributed by atoms with Crippen LogP contribution in [0.1, 0.15) is 11.1 Å². The van der Waals surface area contributed by atoms with E-state index < -0.39 is 0 Å². The molecule has 3 rings (SSSR count). The van der Waals surface area contributed by atoms with Crippen molar-refractivity contribution in [3.63, 3.8) is 0 Å². The number of amides is 2. The maximum Gasteiger partial charge on any atom is 0.321 e. The van der Waals surface area contributed by atoms with Crippen molar-refractivity contribution in [2.75, 3.05) is 31.5 Å². The molecular weight excluding hydrogens is 368 g/mol. The molecule has 1 fully saturated rings. The number of carbonyl (C=O) groups is 1. The zero-order valence-corrected chi connectivity index (χ0v) is 15.3. The molecule has 0 unspecified atom stereocenters. The van der Waals surface area contributed by atoms with Gasteiger partial charge in [0, 0.05) is 55.3 Å². The predicted octanol–water partition coefficient (Wildman–Crippen LogP) is 3.50. The van der Waals surface area contributed by atoms with E-state index in [4.69, 9.17) is 0 Å². The molecule has 0 radical (unpaired) electrons. The fraction of sp³-hybridized carbons (Fsp3) is 0.333. The van der Waals surface area contributed by atoms with Gasteiger partial charge >= 0.3 is 6.03 Å². The van der Waals surface area contributed by atoms with Gasteiger partial charge in [-0.3, -0.25) is 9.88 Å². The third-order valence-corrected chi connectivity index (χ3v) is 4.75. The van der Waals surface area contributed by atoms with E-state index in [-0.39, 0.29) is 6.03 Å². The van der Waals surface area contributed by atoms with Crippen molar-refractivity contribution >= 4 is 27.6 Å². The Hall–Kier alpha value is -1.92. The lowest BCUT2D eigenvalue weighted by atomic mass is 10.2. The highest BCUT2D eigenvalue weighted by Crippen LogP contribution is 2.21. The topological polar surface area (TPSA) is 48.5 Å². The van der Waals surface area contributed by atoms with Crippen LogP contribution in [0, 0.1) is 6.92 Å². The number of halogens is 1. The molecule has 1 saturated heterocycles. The first-order valence-electron chi connectivity index (χ1n) is 8.05. The minimum absolute atomic E-state index is 0.0280. The molecule has 2 aromatic rings. The van der Waals surface area contributed by atoms with Gasteiger partial charge in [0.2, 0.25) is 0 Å². The molecule has 0 aliphatic carbocycles. The number of benzene rings is 1. The van der Waals surface area contributed by atoms with Crippen LogP contribution in [-0.2, 0) is 6.54 Å². The third kappa shape index (κ3) is 4.33. The lowest BCUT2D eigenvalue weighted by Gasteiger charge is -2.34. The van der Waals surface area contributed by atoms with Gasteiger partial charge in [-0.15, -0.1) is 0 Å². The molecule has 1 aromatic carbocycles. The third-order valence-electron chi connectivity index (χ3n) is 4.26. The summed E-state index contributed by atoms with van der Waals surface area (Å²) >= 11 is 3.45. The number of nitrogens with one attached hydrogen (secondary N) is 1. The average molecular weight is 389 g/mol. The summed E-state index contributed by atoms with van der Waals surface area (Å²) < 4.78 is 0.963. The van der Waals surface area contributed by atoms with Gasteiger partial charge in [0.15, 0.2) is 0 Å². The fourth-order valence-electron chi connectivity index (χ4n) is 2.78. The molecule has 1 aromatic heterocycles. The summed E-state index contributed by atoms with van der Waals surface area (Å²) in [6.45, 7) is 6.14. The summed E-state index contributed by atoms with van der Waals surface area (Å²) in [5.74, 6) is 0. The van der Waals surface area contributed by atoms with E-state index >= 15 is 0 Å². The maximum atomic E-state index is 12.5. The number of urea groups is 1. The highest BCUT2D eigenvalue weighted by Gasteiger charge is 2.21. The molecular formula is C18H21BrN4O. The number of nitrogens with zero attached hydrogens (tertiary/aromatic N) is 3. The minimum atomic E-state index is -0.0280. The van der Waals surface area contributed by atoms with Gasteiger partial charge < -0.3 is 10.2 Å². The second-order valence-electron chi connectivity index (χ2n) is 6.01. The van der Waals surface area contributed by atoms with Crippen molar-refractivity contribution < 1.29 is 4.79 Å². The smallest absolute Gasteiger partial charge is 0.321 e. The second kappa shape index (κ2) is 7.77. The van der Waals surface area contributed by atoms with Gasteiger partial charge in [0.05, 0.1) is 0 Å². The maximum absolute atomic E-state index is 12.5. The molecule has 0 spiro atoms. The molecule has 2 heterocycles. The number of aromatic nitrogens is 1. The Bertz CT molecular complexity index is 699. The van der Waals surface area contributed by atoms with Gasteiger partial charge in [-0.05, 0) is 42.3 Å².